The average Bonchev–Trinajstić information content (AvgIpc) is 3.17. The highest BCUT2D eigenvalue weighted by atomic mass is 16.5. The predicted octanol–water partition coefficient (Wildman–Crippen LogP) is 2.57. The Morgan fingerprint density at radius 3 is 2.84 bits per heavy atom. The second kappa shape index (κ2) is 6.78. The summed E-state index contributed by atoms with van der Waals surface area (Å²) in [6.07, 6.45) is 3.63. The number of aromatic hydroxyl groups is 2. The van der Waals surface area contributed by atoms with Crippen LogP contribution in [0.5, 0.6) is 11.5 Å². The van der Waals surface area contributed by atoms with Crippen LogP contribution in [0, 0.1) is 5.92 Å². The van der Waals surface area contributed by atoms with Gasteiger partial charge in [-0.05, 0) is 44.7 Å². The van der Waals surface area contributed by atoms with E-state index in [1.165, 1.54) is 18.9 Å². The molecule has 2 rings (SSSR count). The van der Waals surface area contributed by atoms with E-state index in [0.29, 0.717) is 0 Å². The number of hydrogen-bond donors (Lipinski definition) is 3. The molecule has 0 radical (unpaired) electrons. The van der Waals surface area contributed by atoms with Gasteiger partial charge < -0.3 is 20.3 Å². The van der Waals surface area contributed by atoms with E-state index in [2.05, 4.69) is 5.32 Å². The Labute approximate surface area is 114 Å². The van der Waals surface area contributed by atoms with Crippen LogP contribution in [0.4, 0.5) is 0 Å². The molecule has 0 spiro atoms. The fourth-order valence-corrected chi connectivity index (χ4v) is 2.04. The summed E-state index contributed by atoms with van der Waals surface area (Å²) in [6, 6.07) is 4.76. The molecular formula is C15H23NO3. The lowest BCUT2D eigenvalue weighted by Gasteiger charge is -2.15. The maximum atomic E-state index is 9.75. The lowest BCUT2D eigenvalue weighted by atomic mass is 10.1. The zero-order valence-corrected chi connectivity index (χ0v) is 11.4. The number of phenolic OH excluding ortho intramolecular Hbond substituents is 2. The van der Waals surface area contributed by atoms with Gasteiger partial charge in [0.25, 0.3) is 0 Å². The molecule has 1 aromatic carbocycles. The minimum atomic E-state index is 0.0593. The lowest BCUT2D eigenvalue weighted by Crippen LogP contribution is -2.21. The van der Waals surface area contributed by atoms with Crippen LogP contribution in [0.15, 0.2) is 18.2 Å². The van der Waals surface area contributed by atoms with Crippen molar-refractivity contribution < 1.29 is 14.9 Å². The maximum absolute atomic E-state index is 9.75. The smallest absolute Gasteiger partial charge is 0.124 e. The van der Waals surface area contributed by atoms with E-state index >= 15 is 0 Å². The van der Waals surface area contributed by atoms with E-state index in [1.807, 2.05) is 6.92 Å². The second-order valence-electron chi connectivity index (χ2n) is 5.29. The first-order valence-electron chi connectivity index (χ1n) is 7.00. The number of nitrogens with one attached hydrogen (secondary N) is 1. The number of hydrogen-bond acceptors (Lipinski definition) is 4. The van der Waals surface area contributed by atoms with Gasteiger partial charge >= 0.3 is 0 Å². The average molecular weight is 265 g/mol. The van der Waals surface area contributed by atoms with Crippen LogP contribution in [0.2, 0.25) is 0 Å². The molecule has 1 aromatic rings. The molecule has 1 aliphatic carbocycles. The van der Waals surface area contributed by atoms with Crippen molar-refractivity contribution in [3.63, 3.8) is 0 Å². The third-order valence-corrected chi connectivity index (χ3v) is 3.45. The molecule has 3 N–H and O–H groups in total. The molecule has 106 valence electrons. The van der Waals surface area contributed by atoms with Gasteiger partial charge in [0, 0.05) is 30.9 Å². The summed E-state index contributed by atoms with van der Waals surface area (Å²) in [5, 5.41) is 22.3. The van der Waals surface area contributed by atoms with Gasteiger partial charge in [0.05, 0.1) is 0 Å². The highest BCUT2D eigenvalue weighted by Crippen LogP contribution is 2.29. The minimum absolute atomic E-state index is 0.0593. The van der Waals surface area contributed by atoms with Gasteiger partial charge in [0.15, 0.2) is 0 Å². The Morgan fingerprint density at radius 2 is 2.16 bits per heavy atom. The number of benzene rings is 1. The van der Waals surface area contributed by atoms with E-state index < -0.39 is 0 Å². The monoisotopic (exact) mass is 265 g/mol. The van der Waals surface area contributed by atoms with Crippen molar-refractivity contribution in [2.75, 3.05) is 19.8 Å². The number of rotatable bonds is 8. The van der Waals surface area contributed by atoms with E-state index in [9.17, 15) is 10.2 Å². The SMILES string of the molecule is CC(NCCCOCC1CC1)c1ccc(O)cc1O. The summed E-state index contributed by atoms with van der Waals surface area (Å²) in [5.41, 5.74) is 0.802. The van der Waals surface area contributed by atoms with Gasteiger partial charge in [-0.2, -0.15) is 0 Å². The van der Waals surface area contributed by atoms with Crippen LogP contribution in [-0.2, 0) is 4.74 Å². The molecule has 0 saturated heterocycles. The van der Waals surface area contributed by atoms with Gasteiger partial charge in [-0.25, -0.2) is 0 Å². The first kappa shape index (κ1) is 14.2. The molecule has 4 heteroatoms. The van der Waals surface area contributed by atoms with E-state index in [1.54, 1.807) is 12.1 Å². The quantitative estimate of drug-likeness (QED) is 0.632. The molecule has 1 aliphatic rings. The highest BCUT2D eigenvalue weighted by molar-refractivity contribution is 5.40. The van der Waals surface area contributed by atoms with E-state index in [4.69, 9.17) is 4.74 Å². The Morgan fingerprint density at radius 1 is 1.37 bits per heavy atom. The Hall–Kier alpha value is -1.26. The summed E-state index contributed by atoms with van der Waals surface area (Å²) in [5.74, 6) is 1.03. The molecule has 0 aliphatic heterocycles. The van der Waals surface area contributed by atoms with Gasteiger partial charge in [-0.3, -0.25) is 0 Å². The van der Waals surface area contributed by atoms with Crippen molar-refractivity contribution in [2.45, 2.75) is 32.2 Å². The first-order valence-corrected chi connectivity index (χ1v) is 7.00. The third kappa shape index (κ3) is 4.73. The van der Waals surface area contributed by atoms with Crippen LogP contribution in [0.1, 0.15) is 37.8 Å². The second-order valence-corrected chi connectivity index (χ2v) is 5.29. The molecule has 19 heavy (non-hydrogen) atoms. The van der Waals surface area contributed by atoms with Crippen LogP contribution < -0.4 is 5.32 Å². The summed E-state index contributed by atoms with van der Waals surface area (Å²) in [4.78, 5) is 0. The summed E-state index contributed by atoms with van der Waals surface area (Å²) in [7, 11) is 0. The van der Waals surface area contributed by atoms with Crippen LogP contribution in [0.3, 0.4) is 0 Å². The van der Waals surface area contributed by atoms with Crippen molar-refractivity contribution >= 4 is 0 Å². The van der Waals surface area contributed by atoms with Gasteiger partial charge in [0.1, 0.15) is 11.5 Å². The lowest BCUT2D eigenvalue weighted by molar-refractivity contribution is 0.121. The summed E-state index contributed by atoms with van der Waals surface area (Å²) in [6.45, 7) is 4.55. The van der Waals surface area contributed by atoms with Crippen molar-refractivity contribution in [1.82, 2.24) is 5.32 Å². The van der Waals surface area contributed by atoms with Crippen molar-refractivity contribution in [2.24, 2.45) is 5.92 Å². The summed E-state index contributed by atoms with van der Waals surface area (Å²) < 4.78 is 5.56. The molecule has 4 nitrogen and oxygen atoms in total. The molecular weight excluding hydrogens is 242 g/mol. The fraction of sp³-hybridized carbons (Fsp3) is 0.600. The number of phenols is 2. The maximum Gasteiger partial charge on any atom is 0.124 e. The van der Waals surface area contributed by atoms with E-state index in [-0.39, 0.29) is 17.5 Å². The van der Waals surface area contributed by atoms with E-state index in [0.717, 1.165) is 37.7 Å². The topological polar surface area (TPSA) is 61.7 Å². The molecule has 1 unspecified atom stereocenters. The van der Waals surface area contributed by atoms with Gasteiger partial charge in [0.2, 0.25) is 0 Å². The standard InChI is InChI=1S/C15H23NO3/c1-11(14-6-5-13(17)9-15(14)18)16-7-2-8-19-10-12-3-4-12/h5-6,9,11-12,16-18H,2-4,7-8,10H2,1H3. The molecule has 1 atom stereocenters. The predicted molar refractivity (Wildman–Crippen MR) is 74.3 cm³/mol. The van der Waals surface area contributed by atoms with Crippen molar-refractivity contribution in [3.05, 3.63) is 23.8 Å². The zero-order chi connectivity index (χ0) is 13.7. The normalized spacial score (nSPS) is 16.5. The molecule has 0 heterocycles. The largest absolute Gasteiger partial charge is 0.508 e. The number of ether oxygens (including phenoxy) is 1. The van der Waals surface area contributed by atoms with Crippen LogP contribution >= 0.6 is 0 Å². The Bertz CT molecular complexity index is 404. The van der Waals surface area contributed by atoms with Crippen molar-refractivity contribution in [3.8, 4) is 11.5 Å². The van der Waals surface area contributed by atoms with Gasteiger partial charge in [-0.1, -0.05) is 6.07 Å². The third-order valence-electron chi connectivity index (χ3n) is 3.45. The molecule has 0 amide bonds. The highest BCUT2D eigenvalue weighted by Gasteiger charge is 2.20. The Kier molecular flexibility index (Phi) is 5.05. The first-order chi connectivity index (χ1) is 9.16. The molecule has 1 fully saturated rings. The minimum Gasteiger partial charge on any atom is -0.508 e. The van der Waals surface area contributed by atoms with Crippen LogP contribution in [0.25, 0.3) is 0 Å². The molecule has 0 aromatic heterocycles. The zero-order valence-electron chi connectivity index (χ0n) is 11.4. The van der Waals surface area contributed by atoms with Gasteiger partial charge in [-0.15, -0.1) is 0 Å². The fourth-order valence-electron chi connectivity index (χ4n) is 2.04. The summed E-state index contributed by atoms with van der Waals surface area (Å²) >= 11 is 0. The van der Waals surface area contributed by atoms with Crippen molar-refractivity contribution in [1.29, 1.82) is 0 Å². The Balaban J connectivity index is 1.63. The molecule has 1 saturated carbocycles. The molecule has 0 bridgehead atoms. The van der Waals surface area contributed by atoms with Crippen LogP contribution in [-0.4, -0.2) is 30.0 Å².